The van der Waals surface area contributed by atoms with Crippen LogP contribution in [-0.2, 0) is 10.5 Å². The van der Waals surface area contributed by atoms with E-state index in [9.17, 15) is 4.79 Å². The van der Waals surface area contributed by atoms with Crippen molar-refractivity contribution in [1.82, 2.24) is 9.97 Å². The number of H-pyrrole nitrogens is 1. The van der Waals surface area contributed by atoms with Crippen LogP contribution >= 0.6 is 11.8 Å². The maximum atomic E-state index is 11.5. The minimum Gasteiger partial charge on any atom is -0.497 e. The molecule has 0 aliphatic heterocycles. The highest BCUT2D eigenvalue weighted by Gasteiger charge is 2.08. The van der Waals surface area contributed by atoms with Gasteiger partial charge in [-0.3, -0.25) is 4.79 Å². The van der Waals surface area contributed by atoms with E-state index in [1.54, 1.807) is 18.9 Å². The summed E-state index contributed by atoms with van der Waals surface area (Å²) in [5.41, 5.74) is 8.98. The summed E-state index contributed by atoms with van der Waals surface area (Å²) in [5, 5.41) is 3.63. The molecule has 0 fully saturated rings. The number of anilines is 1. The van der Waals surface area contributed by atoms with Gasteiger partial charge in [-0.15, -0.1) is 0 Å². The number of amides is 1. The highest BCUT2D eigenvalue weighted by molar-refractivity contribution is 7.98. The van der Waals surface area contributed by atoms with Crippen molar-refractivity contribution in [2.45, 2.75) is 10.9 Å². The van der Waals surface area contributed by atoms with Crippen molar-refractivity contribution in [3.63, 3.8) is 0 Å². The Bertz CT molecular complexity index is 863. The van der Waals surface area contributed by atoms with Crippen LogP contribution in [0.2, 0.25) is 0 Å². The molecule has 0 spiro atoms. The van der Waals surface area contributed by atoms with Gasteiger partial charge in [0.15, 0.2) is 5.16 Å². The molecule has 0 saturated carbocycles. The molecule has 124 valence electrons. The van der Waals surface area contributed by atoms with Gasteiger partial charge in [0, 0.05) is 17.5 Å². The van der Waals surface area contributed by atoms with Crippen LogP contribution in [0.3, 0.4) is 0 Å². The van der Waals surface area contributed by atoms with Gasteiger partial charge in [-0.2, -0.15) is 0 Å². The second-order valence-corrected chi connectivity index (χ2v) is 6.09. The van der Waals surface area contributed by atoms with Crippen LogP contribution in [0, 0.1) is 0 Å². The summed E-state index contributed by atoms with van der Waals surface area (Å²) in [6.45, 7) is -0.0348. The third-order valence-corrected chi connectivity index (χ3v) is 4.43. The second kappa shape index (κ2) is 7.37. The Morgan fingerprint density at radius 1 is 1.33 bits per heavy atom. The topological polar surface area (TPSA) is 93.0 Å². The second-order valence-electron chi connectivity index (χ2n) is 5.12. The molecule has 0 saturated heterocycles. The highest BCUT2D eigenvalue weighted by Crippen LogP contribution is 2.27. The number of aromatic amines is 1. The van der Waals surface area contributed by atoms with Crippen molar-refractivity contribution >= 4 is 34.4 Å². The molecule has 1 heterocycles. The number of hydrogen-bond acceptors (Lipinski definition) is 5. The van der Waals surface area contributed by atoms with Gasteiger partial charge in [-0.25, -0.2) is 4.98 Å². The highest BCUT2D eigenvalue weighted by atomic mass is 32.2. The third-order valence-electron chi connectivity index (χ3n) is 3.51. The Morgan fingerprint density at radius 3 is 2.96 bits per heavy atom. The zero-order valence-corrected chi connectivity index (χ0v) is 14.0. The fourth-order valence-corrected chi connectivity index (χ4v) is 3.17. The van der Waals surface area contributed by atoms with Crippen molar-refractivity contribution in [3.05, 3.63) is 48.0 Å². The molecule has 7 heteroatoms. The van der Waals surface area contributed by atoms with Gasteiger partial charge in [0.1, 0.15) is 5.75 Å². The van der Waals surface area contributed by atoms with Gasteiger partial charge in [0.25, 0.3) is 0 Å². The molecule has 6 nitrogen and oxygen atoms in total. The number of nitrogens with zero attached hydrogens (tertiary/aromatic N) is 1. The number of benzene rings is 2. The molecular weight excluding hydrogens is 324 g/mol. The van der Waals surface area contributed by atoms with Gasteiger partial charge in [-0.05, 0) is 23.8 Å². The number of methoxy groups -OCH3 is 1. The van der Waals surface area contributed by atoms with E-state index < -0.39 is 0 Å². The largest absolute Gasteiger partial charge is 0.497 e. The molecule has 0 aliphatic rings. The number of carbonyl (C=O) groups is 1. The summed E-state index contributed by atoms with van der Waals surface area (Å²) in [5.74, 6) is 1.26. The number of carbonyl (C=O) groups excluding carboxylic acids is 1. The first-order chi connectivity index (χ1) is 11.7. The average molecular weight is 342 g/mol. The lowest BCUT2D eigenvalue weighted by atomic mass is 10.2. The van der Waals surface area contributed by atoms with Crippen LogP contribution < -0.4 is 15.8 Å². The molecule has 24 heavy (non-hydrogen) atoms. The number of ether oxygens (including phenoxy) is 1. The van der Waals surface area contributed by atoms with E-state index in [2.05, 4.69) is 15.3 Å². The van der Waals surface area contributed by atoms with E-state index in [1.807, 2.05) is 42.5 Å². The van der Waals surface area contributed by atoms with E-state index in [0.29, 0.717) is 5.75 Å². The number of aromatic nitrogens is 2. The molecule has 0 aliphatic carbocycles. The molecule has 0 bridgehead atoms. The number of para-hydroxylation sites is 1. The molecule has 2 aromatic carbocycles. The van der Waals surface area contributed by atoms with E-state index >= 15 is 0 Å². The van der Waals surface area contributed by atoms with Gasteiger partial charge >= 0.3 is 0 Å². The van der Waals surface area contributed by atoms with Crippen LogP contribution in [0.15, 0.2) is 47.6 Å². The molecule has 0 atom stereocenters. The van der Waals surface area contributed by atoms with Gasteiger partial charge in [-0.1, -0.05) is 30.0 Å². The Morgan fingerprint density at radius 2 is 2.17 bits per heavy atom. The molecule has 1 aromatic heterocycles. The number of hydrogen-bond donors (Lipinski definition) is 3. The summed E-state index contributed by atoms with van der Waals surface area (Å²) < 4.78 is 5.22. The SMILES string of the molecule is COc1ccc2nc(SCc3ccccc3NC(=O)CN)[nH]c2c1. The summed E-state index contributed by atoms with van der Waals surface area (Å²) in [6, 6.07) is 13.4. The minimum atomic E-state index is -0.205. The molecule has 4 N–H and O–H groups in total. The fraction of sp³-hybridized carbons (Fsp3) is 0.176. The molecular formula is C17H18N4O2S. The Hall–Kier alpha value is -2.51. The number of rotatable bonds is 6. The first-order valence-electron chi connectivity index (χ1n) is 7.44. The van der Waals surface area contributed by atoms with Crippen LogP contribution in [0.5, 0.6) is 5.75 Å². The molecule has 3 aromatic rings. The lowest BCUT2D eigenvalue weighted by Gasteiger charge is -2.09. The lowest BCUT2D eigenvalue weighted by Crippen LogP contribution is -2.22. The first-order valence-corrected chi connectivity index (χ1v) is 8.42. The quantitative estimate of drug-likeness (QED) is 0.599. The molecule has 1 amide bonds. The number of thioether (sulfide) groups is 1. The van der Waals surface area contributed by atoms with E-state index in [-0.39, 0.29) is 12.5 Å². The smallest absolute Gasteiger partial charge is 0.238 e. The third kappa shape index (κ3) is 3.69. The minimum absolute atomic E-state index is 0.0348. The van der Waals surface area contributed by atoms with Gasteiger partial charge < -0.3 is 20.8 Å². The predicted octanol–water partition coefficient (Wildman–Crippen LogP) is 2.76. The van der Waals surface area contributed by atoms with Crippen molar-refractivity contribution in [3.8, 4) is 5.75 Å². The monoisotopic (exact) mass is 342 g/mol. The Balaban J connectivity index is 1.75. The Labute approximate surface area is 143 Å². The lowest BCUT2D eigenvalue weighted by molar-refractivity contribution is -0.114. The van der Waals surface area contributed by atoms with E-state index in [0.717, 1.165) is 33.2 Å². The normalized spacial score (nSPS) is 10.8. The number of nitrogens with one attached hydrogen (secondary N) is 2. The van der Waals surface area contributed by atoms with E-state index in [1.165, 1.54) is 0 Å². The van der Waals surface area contributed by atoms with Crippen LogP contribution in [0.4, 0.5) is 5.69 Å². The average Bonchev–Trinajstić information content (AvgIpc) is 3.02. The maximum Gasteiger partial charge on any atom is 0.238 e. The van der Waals surface area contributed by atoms with Crippen molar-refractivity contribution in [1.29, 1.82) is 0 Å². The van der Waals surface area contributed by atoms with Crippen LogP contribution in [-0.4, -0.2) is 29.5 Å². The summed E-state index contributed by atoms with van der Waals surface area (Å²) in [4.78, 5) is 19.3. The number of nitrogens with two attached hydrogens (primary N) is 1. The van der Waals surface area contributed by atoms with Gasteiger partial charge in [0.05, 0.1) is 24.7 Å². The summed E-state index contributed by atoms with van der Waals surface area (Å²) >= 11 is 1.57. The summed E-state index contributed by atoms with van der Waals surface area (Å²) in [7, 11) is 1.64. The zero-order valence-electron chi connectivity index (χ0n) is 13.2. The Kier molecular flexibility index (Phi) is 5.02. The van der Waals surface area contributed by atoms with Crippen molar-refractivity contribution < 1.29 is 9.53 Å². The van der Waals surface area contributed by atoms with Crippen LogP contribution in [0.1, 0.15) is 5.56 Å². The summed E-state index contributed by atoms with van der Waals surface area (Å²) in [6.07, 6.45) is 0. The molecule has 3 rings (SSSR count). The standard InChI is InChI=1S/C17H18N4O2S/c1-23-12-6-7-14-15(8-12)21-17(20-14)24-10-11-4-2-3-5-13(11)19-16(22)9-18/h2-8H,9-10,18H2,1H3,(H,19,22)(H,20,21). The van der Waals surface area contributed by atoms with Gasteiger partial charge in [0.2, 0.25) is 5.91 Å². The predicted molar refractivity (Wildman–Crippen MR) is 96.3 cm³/mol. The molecule has 0 radical (unpaired) electrons. The van der Waals surface area contributed by atoms with E-state index in [4.69, 9.17) is 10.5 Å². The number of fused-ring (bicyclic) bond motifs is 1. The zero-order chi connectivity index (χ0) is 16.9. The molecule has 0 unspecified atom stereocenters. The maximum absolute atomic E-state index is 11.5. The number of imidazole rings is 1. The van der Waals surface area contributed by atoms with Crippen LogP contribution in [0.25, 0.3) is 11.0 Å². The fourth-order valence-electron chi connectivity index (χ4n) is 2.28. The van der Waals surface area contributed by atoms with Crippen molar-refractivity contribution in [2.75, 3.05) is 19.0 Å². The first kappa shape index (κ1) is 16.4. The van der Waals surface area contributed by atoms with Crippen molar-refractivity contribution in [2.24, 2.45) is 5.73 Å².